The molecule has 0 saturated heterocycles. The highest BCUT2D eigenvalue weighted by Crippen LogP contribution is 2.26. The Morgan fingerprint density at radius 3 is 2.00 bits per heavy atom. The molecule has 1 aliphatic carbocycles. The minimum absolute atomic E-state index is 0. The summed E-state index contributed by atoms with van der Waals surface area (Å²) in [5, 5.41) is 8.71. The van der Waals surface area contributed by atoms with Crippen LogP contribution in [0.1, 0.15) is 51.4 Å². The van der Waals surface area contributed by atoms with E-state index in [1.165, 1.54) is 19.3 Å². The van der Waals surface area contributed by atoms with E-state index in [2.05, 4.69) is 0 Å². The van der Waals surface area contributed by atoms with Crippen molar-refractivity contribution in [1.29, 1.82) is 0 Å². The zero-order valence-electron chi connectivity index (χ0n) is 8.50. The van der Waals surface area contributed by atoms with Gasteiger partial charge in [-0.3, -0.25) is 4.79 Å². The van der Waals surface area contributed by atoms with Gasteiger partial charge in [-0.25, -0.2) is 0 Å². The molecule has 0 amide bonds. The van der Waals surface area contributed by atoms with Gasteiger partial charge in [0.2, 0.25) is 0 Å². The molecule has 0 radical (unpaired) electrons. The van der Waals surface area contributed by atoms with Crippen LogP contribution in [-0.2, 0) is 4.79 Å². The number of carboxylic acid groups (broad SMARTS) is 1. The van der Waals surface area contributed by atoms with Gasteiger partial charge in [-0.15, -0.1) is 12.4 Å². The van der Waals surface area contributed by atoms with E-state index >= 15 is 0 Å². The number of aliphatic carboxylic acids is 1. The Balaban J connectivity index is 0.00000169. The standard InChI is InChI=1S/C10H19NO2.ClH/c11-10(8-9(12)13)6-4-2-1-3-5-7-10;/h1-8,11H2,(H,12,13);1H. The largest absolute Gasteiger partial charge is 0.481 e. The van der Waals surface area contributed by atoms with Gasteiger partial charge in [0.1, 0.15) is 0 Å². The maximum atomic E-state index is 10.6. The van der Waals surface area contributed by atoms with Crippen LogP contribution >= 0.6 is 12.4 Å². The van der Waals surface area contributed by atoms with Gasteiger partial charge >= 0.3 is 5.97 Å². The van der Waals surface area contributed by atoms with Gasteiger partial charge in [0.25, 0.3) is 0 Å². The number of hydrogen-bond donors (Lipinski definition) is 2. The fraction of sp³-hybridized carbons (Fsp3) is 0.900. The summed E-state index contributed by atoms with van der Waals surface area (Å²) in [4.78, 5) is 10.6. The van der Waals surface area contributed by atoms with E-state index in [0.29, 0.717) is 0 Å². The number of carbonyl (C=O) groups is 1. The van der Waals surface area contributed by atoms with E-state index in [0.717, 1.165) is 25.7 Å². The predicted molar refractivity (Wildman–Crippen MR) is 58.7 cm³/mol. The molecule has 0 aliphatic heterocycles. The maximum Gasteiger partial charge on any atom is 0.305 e. The summed E-state index contributed by atoms with van der Waals surface area (Å²) in [5.41, 5.74) is 5.62. The van der Waals surface area contributed by atoms with Crippen molar-refractivity contribution in [2.75, 3.05) is 0 Å². The lowest BCUT2D eigenvalue weighted by molar-refractivity contribution is -0.138. The van der Waals surface area contributed by atoms with Crippen LogP contribution in [0.25, 0.3) is 0 Å². The summed E-state index contributed by atoms with van der Waals surface area (Å²) >= 11 is 0. The van der Waals surface area contributed by atoms with E-state index in [9.17, 15) is 4.79 Å². The third-order valence-corrected chi connectivity index (χ3v) is 2.85. The van der Waals surface area contributed by atoms with Crippen LogP contribution in [0.3, 0.4) is 0 Å². The zero-order valence-corrected chi connectivity index (χ0v) is 9.31. The molecule has 0 bridgehead atoms. The average molecular weight is 222 g/mol. The second-order valence-corrected chi connectivity index (χ2v) is 4.20. The predicted octanol–water partition coefficient (Wildman–Crippen LogP) is 2.32. The molecule has 1 saturated carbocycles. The van der Waals surface area contributed by atoms with Crippen LogP contribution in [-0.4, -0.2) is 16.6 Å². The summed E-state index contributed by atoms with van der Waals surface area (Å²) in [6, 6.07) is 0. The van der Waals surface area contributed by atoms with Gasteiger partial charge in [-0.2, -0.15) is 0 Å². The third-order valence-electron chi connectivity index (χ3n) is 2.85. The van der Waals surface area contributed by atoms with Crippen LogP contribution < -0.4 is 5.73 Å². The molecular weight excluding hydrogens is 202 g/mol. The Morgan fingerprint density at radius 1 is 1.14 bits per heavy atom. The number of nitrogens with two attached hydrogens (primary N) is 1. The van der Waals surface area contributed by atoms with Gasteiger partial charge in [-0.1, -0.05) is 32.1 Å². The van der Waals surface area contributed by atoms with Crippen LogP contribution in [0.5, 0.6) is 0 Å². The second-order valence-electron chi connectivity index (χ2n) is 4.20. The molecule has 3 nitrogen and oxygen atoms in total. The Hall–Kier alpha value is -0.280. The molecule has 0 heterocycles. The first-order valence-electron chi connectivity index (χ1n) is 5.13. The fourth-order valence-electron chi connectivity index (χ4n) is 2.09. The molecular formula is C10H20ClNO2. The molecule has 3 N–H and O–H groups in total. The first kappa shape index (κ1) is 13.7. The molecule has 0 atom stereocenters. The van der Waals surface area contributed by atoms with Gasteiger partial charge in [0, 0.05) is 5.54 Å². The normalized spacial score (nSPS) is 21.5. The molecule has 0 unspecified atom stereocenters. The van der Waals surface area contributed by atoms with Gasteiger partial charge in [-0.05, 0) is 12.8 Å². The third kappa shape index (κ3) is 4.82. The van der Waals surface area contributed by atoms with Gasteiger partial charge in [0.15, 0.2) is 0 Å². The van der Waals surface area contributed by atoms with Gasteiger partial charge in [0.05, 0.1) is 6.42 Å². The van der Waals surface area contributed by atoms with Crippen molar-refractivity contribution in [3.63, 3.8) is 0 Å². The summed E-state index contributed by atoms with van der Waals surface area (Å²) < 4.78 is 0. The number of carboxylic acids is 1. The number of rotatable bonds is 2. The number of hydrogen-bond acceptors (Lipinski definition) is 2. The van der Waals surface area contributed by atoms with E-state index in [4.69, 9.17) is 10.8 Å². The Morgan fingerprint density at radius 2 is 1.57 bits per heavy atom. The van der Waals surface area contributed by atoms with Gasteiger partial charge < -0.3 is 10.8 Å². The van der Waals surface area contributed by atoms with Crippen molar-refractivity contribution in [1.82, 2.24) is 0 Å². The van der Waals surface area contributed by atoms with E-state index in [1.807, 2.05) is 0 Å². The summed E-state index contributed by atoms with van der Waals surface area (Å²) in [7, 11) is 0. The van der Waals surface area contributed by atoms with Crippen LogP contribution in [0.2, 0.25) is 0 Å². The molecule has 14 heavy (non-hydrogen) atoms. The van der Waals surface area contributed by atoms with E-state index in [-0.39, 0.29) is 18.8 Å². The van der Waals surface area contributed by atoms with Crippen molar-refractivity contribution in [3.05, 3.63) is 0 Å². The lowest BCUT2D eigenvalue weighted by Crippen LogP contribution is -2.42. The molecule has 1 rings (SSSR count). The Kier molecular flexibility index (Phi) is 6.12. The van der Waals surface area contributed by atoms with Crippen molar-refractivity contribution in [2.45, 2.75) is 56.9 Å². The van der Waals surface area contributed by atoms with E-state index in [1.54, 1.807) is 0 Å². The van der Waals surface area contributed by atoms with Crippen LogP contribution in [0.4, 0.5) is 0 Å². The van der Waals surface area contributed by atoms with Crippen molar-refractivity contribution in [3.8, 4) is 0 Å². The monoisotopic (exact) mass is 221 g/mol. The summed E-state index contributed by atoms with van der Waals surface area (Å²) in [5.74, 6) is -0.761. The first-order valence-corrected chi connectivity index (χ1v) is 5.13. The Bertz CT molecular complexity index is 177. The quantitative estimate of drug-likeness (QED) is 0.752. The second kappa shape index (κ2) is 6.25. The van der Waals surface area contributed by atoms with Crippen LogP contribution in [0.15, 0.2) is 0 Å². The lowest BCUT2D eigenvalue weighted by Gasteiger charge is -2.29. The summed E-state index contributed by atoms with van der Waals surface area (Å²) in [6.45, 7) is 0. The minimum Gasteiger partial charge on any atom is -0.481 e. The van der Waals surface area contributed by atoms with Crippen molar-refractivity contribution >= 4 is 18.4 Å². The van der Waals surface area contributed by atoms with E-state index < -0.39 is 11.5 Å². The zero-order chi connectivity index (χ0) is 9.73. The molecule has 84 valence electrons. The highest BCUT2D eigenvalue weighted by molar-refractivity contribution is 5.85. The highest BCUT2D eigenvalue weighted by Gasteiger charge is 2.27. The fourth-order valence-corrected chi connectivity index (χ4v) is 2.09. The summed E-state index contributed by atoms with van der Waals surface area (Å²) in [6.07, 6.45) is 7.75. The molecule has 4 heteroatoms. The topological polar surface area (TPSA) is 63.3 Å². The molecule has 1 fully saturated rings. The lowest BCUT2D eigenvalue weighted by atomic mass is 9.82. The SMILES string of the molecule is Cl.NC1(CC(=O)O)CCCCCCC1. The first-order chi connectivity index (χ1) is 6.12. The minimum atomic E-state index is -0.761. The smallest absolute Gasteiger partial charge is 0.305 e. The molecule has 0 spiro atoms. The van der Waals surface area contributed by atoms with Crippen molar-refractivity contribution < 1.29 is 9.90 Å². The molecule has 1 aliphatic rings. The maximum absolute atomic E-state index is 10.6. The Labute approximate surface area is 91.5 Å². The highest BCUT2D eigenvalue weighted by atomic mass is 35.5. The van der Waals surface area contributed by atoms with Crippen LogP contribution in [0, 0.1) is 0 Å². The molecule has 0 aromatic rings. The average Bonchev–Trinajstić information content (AvgIpc) is 1.97. The molecule has 0 aromatic heterocycles. The molecule has 0 aromatic carbocycles. The van der Waals surface area contributed by atoms with Crippen molar-refractivity contribution in [2.24, 2.45) is 5.73 Å². The number of halogens is 1.